The van der Waals surface area contributed by atoms with E-state index in [1.807, 2.05) is 6.07 Å². The van der Waals surface area contributed by atoms with E-state index in [2.05, 4.69) is 30.4 Å². The van der Waals surface area contributed by atoms with Crippen LogP contribution in [0.3, 0.4) is 0 Å². The third kappa shape index (κ3) is 2.98. The first-order valence-electron chi connectivity index (χ1n) is 8.71. The summed E-state index contributed by atoms with van der Waals surface area (Å²) in [4.78, 5) is 23.3. The molecule has 1 aliphatic carbocycles. The highest BCUT2D eigenvalue weighted by Gasteiger charge is 2.22. The molecule has 2 N–H and O–H groups in total. The lowest BCUT2D eigenvalue weighted by Gasteiger charge is -2.16. The van der Waals surface area contributed by atoms with Gasteiger partial charge in [0.1, 0.15) is 12.1 Å². The minimum absolute atomic E-state index is 0.0942. The van der Waals surface area contributed by atoms with Crippen molar-refractivity contribution in [1.29, 1.82) is 0 Å². The molecule has 0 saturated carbocycles. The lowest BCUT2D eigenvalue weighted by atomic mass is 10.2. The van der Waals surface area contributed by atoms with Crippen LogP contribution in [0, 0.1) is 0 Å². The molecule has 0 bridgehead atoms. The van der Waals surface area contributed by atoms with E-state index in [0.29, 0.717) is 18.7 Å². The van der Waals surface area contributed by atoms with Gasteiger partial charge in [-0.25, -0.2) is 9.97 Å². The number of amides is 1. The highest BCUT2D eigenvalue weighted by atomic mass is 16.1. The van der Waals surface area contributed by atoms with Crippen LogP contribution in [0.5, 0.6) is 0 Å². The summed E-state index contributed by atoms with van der Waals surface area (Å²) in [5, 5.41) is 10.1. The molecule has 126 valence electrons. The normalized spacial score (nSPS) is 16.4. The van der Waals surface area contributed by atoms with E-state index in [1.165, 1.54) is 12.8 Å². The fraction of sp³-hybridized carbons (Fsp3) is 0.529. The molecule has 0 unspecified atom stereocenters. The van der Waals surface area contributed by atoms with Gasteiger partial charge in [0.2, 0.25) is 0 Å². The smallest absolute Gasteiger partial charge is 0.272 e. The van der Waals surface area contributed by atoms with Crippen LogP contribution in [0.4, 0.5) is 5.82 Å². The summed E-state index contributed by atoms with van der Waals surface area (Å²) in [6.07, 6.45) is 7.81. The lowest BCUT2D eigenvalue weighted by Crippen LogP contribution is -2.27. The van der Waals surface area contributed by atoms with E-state index in [9.17, 15) is 4.79 Å². The fourth-order valence-corrected chi connectivity index (χ4v) is 3.54. The zero-order valence-corrected chi connectivity index (χ0v) is 13.7. The van der Waals surface area contributed by atoms with Gasteiger partial charge >= 0.3 is 0 Å². The predicted octanol–water partition coefficient (Wildman–Crippen LogP) is 1.26. The van der Waals surface area contributed by atoms with E-state index >= 15 is 0 Å². The Morgan fingerprint density at radius 3 is 2.96 bits per heavy atom. The van der Waals surface area contributed by atoms with Gasteiger partial charge in [-0.2, -0.15) is 5.10 Å². The quantitative estimate of drug-likeness (QED) is 0.864. The van der Waals surface area contributed by atoms with E-state index in [0.717, 1.165) is 55.1 Å². The molecule has 4 rings (SSSR count). The number of carbonyl (C=O) groups is 1. The first kappa shape index (κ1) is 15.1. The Balaban J connectivity index is 1.33. The Morgan fingerprint density at radius 1 is 1.21 bits per heavy atom. The predicted molar refractivity (Wildman–Crippen MR) is 90.1 cm³/mol. The second-order valence-corrected chi connectivity index (χ2v) is 6.45. The van der Waals surface area contributed by atoms with Gasteiger partial charge < -0.3 is 10.2 Å². The number of hydrogen-bond acceptors (Lipinski definition) is 5. The summed E-state index contributed by atoms with van der Waals surface area (Å²) in [5.74, 6) is 0.900. The lowest BCUT2D eigenvalue weighted by molar-refractivity contribution is 0.0948. The zero-order valence-electron chi connectivity index (χ0n) is 13.7. The van der Waals surface area contributed by atoms with Crippen LogP contribution in [0.15, 0.2) is 12.4 Å². The van der Waals surface area contributed by atoms with E-state index in [-0.39, 0.29) is 5.91 Å². The summed E-state index contributed by atoms with van der Waals surface area (Å²) in [6.45, 7) is 2.69. The van der Waals surface area contributed by atoms with Crippen LogP contribution >= 0.6 is 0 Å². The molecular weight excluding hydrogens is 304 g/mol. The van der Waals surface area contributed by atoms with Crippen LogP contribution in [-0.2, 0) is 19.3 Å². The van der Waals surface area contributed by atoms with Crippen molar-refractivity contribution in [2.75, 3.05) is 24.5 Å². The van der Waals surface area contributed by atoms with E-state index < -0.39 is 0 Å². The first-order valence-corrected chi connectivity index (χ1v) is 8.71. The average Bonchev–Trinajstić information content (AvgIpc) is 3.32. The maximum atomic E-state index is 12.3. The third-order valence-electron chi connectivity index (χ3n) is 4.83. The highest BCUT2D eigenvalue weighted by molar-refractivity contribution is 5.94. The molecule has 0 spiro atoms. The summed E-state index contributed by atoms with van der Waals surface area (Å²) in [7, 11) is 0. The highest BCUT2D eigenvalue weighted by Crippen LogP contribution is 2.22. The molecule has 1 aliphatic heterocycles. The van der Waals surface area contributed by atoms with Gasteiger partial charge in [-0.15, -0.1) is 0 Å². The standard InChI is InChI=1S/C17H22N6O/c24-17(16-13-4-3-5-14(13)21-22-16)18-7-6-12-10-15(20-11-19-12)23-8-1-2-9-23/h10-11H,1-9H2,(H,18,24)(H,21,22). The van der Waals surface area contributed by atoms with Gasteiger partial charge in [0.05, 0.1) is 0 Å². The Labute approximate surface area is 140 Å². The molecule has 0 aromatic carbocycles. The molecule has 7 heteroatoms. The summed E-state index contributed by atoms with van der Waals surface area (Å²) in [6, 6.07) is 2.03. The third-order valence-corrected chi connectivity index (χ3v) is 4.83. The van der Waals surface area contributed by atoms with Gasteiger partial charge in [-0.3, -0.25) is 9.89 Å². The molecule has 1 saturated heterocycles. The molecule has 1 amide bonds. The molecule has 2 aliphatic rings. The number of nitrogens with one attached hydrogen (secondary N) is 2. The monoisotopic (exact) mass is 326 g/mol. The minimum atomic E-state index is -0.0942. The summed E-state index contributed by atoms with van der Waals surface area (Å²) in [5.41, 5.74) is 3.72. The van der Waals surface area contributed by atoms with E-state index in [1.54, 1.807) is 6.33 Å². The Kier molecular flexibility index (Phi) is 4.15. The van der Waals surface area contributed by atoms with Crippen LogP contribution in [-0.4, -0.2) is 45.7 Å². The molecular formula is C17H22N6O. The molecule has 2 aromatic heterocycles. The minimum Gasteiger partial charge on any atom is -0.357 e. The van der Waals surface area contributed by atoms with Crippen molar-refractivity contribution < 1.29 is 4.79 Å². The van der Waals surface area contributed by atoms with Crippen molar-refractivity contribution >= 4 is 11.7 Å². The zero-order chi connectivity index (χ0) is 16.4. The first-order chi connectivity index (χ1) is 11.8. The Bertz CT molecular complexity index is 734. The van der Waals surface area contributed by atoms with Crippen molar-refractivity contribution in [2.24, 2.45) is 0 Å². The second kappa shape index (κ2) is 6.59. The number of anilines is 1. The Morgan fingerprint density at radius 2 is 2.08 bits per heavy atom. The number of fused-ring (bicyclic) bond motifs is 1. The average molecular weight is 326 g/mol. The molecule has 1 fully saturated rings. The second-order valence-electron chi connectivity index (χ2n) is 6.45. The molecule has 0 atom stereocenters. The van der Waals surface area contributed by atoms with E-state index in [4.69, 9.17) is 0 Å². The fourth-order valence-electron chi connectivity index (χ4n) is 3.54. The van der Waals surface area contributed by atoms with Crippen molar-refractivity contribution in [3.63, 3.8) is 0 Å². The SMILES string of the molecule is O=C(NCCc1cc(N2CCCC2)ncn1)c1n[nH]c2c1CCC2. The molecule has 0 radical (unpaired) electrons. The molecule has 2 aromatic rings. The number of nitrogens with zero attached hydrogens (tertiary/aromatic N) is 4. The Hall–Kier alpha value is -2.44. The van der Waals surface area contributed by atoms with Crippen LogP contribution < -0.4 is 10.2 Å². The van der Waals surface area contributed by atoms with Crippen LogP contribution in [0.25, 0.3) is 0 Å². The summed E-state index contributed by atoms with van der Waals surface area (Å²) < 4.78 is 0. The van der Waals surface area contributed by atoms with Crippen LogP contribution in [0.1, 0.15) is 46.7 Å². The topological polar surface area (TPSA) is 86.8 Å². The van der Waals surface area contributed by atoms with Crippen LogP contribution in [0.2, 0.25) is 0 Å². The number of H-pyrrole nitrogens is 1. The van der Waals surface area contributed by atoms with Gasteiger partial charge in [-0.1, -0.05) is 0 Å². The van der Waals surface area contributed by atoms with Crippen molar-refractivity contribution in [1.82, 2.24) is 25.5 Å². The number of aromatic nitrogens is 4. The largest absolute Gasteiger partial charge is 0.357 e. The van der Waals surface area contributed by atoms with Gasteiger partial charge in [0, 0.05) is 49.1 Å². The van der Waals surface area contributed by atoms with Gasteiger partial charge in [0.15, 0.2) is 5.69 Å². The van der Waals surface area contributed by atoms with Crippen molar-refractivity contribution in [3.05, 3.63) is 35.0 Å². The summed E-state index contributed by atoms with van der Waals surface area (Å²) >= 11 is 0. The maximum absolute atomic E-state index is 12.3. The number of carbonyl (C=O) groups excluding carboxylic acids is 1. The number of aryl methyl sites for hydroxylation is 1. The van der Waals surface area contributed by atoms with Crippen molar-refractivity contribution in [2.45, 2.75) is 38.5 Å². The molecule has 3 heterocycles. The van der Waals surface area contributed by atoms with Gasteiger partial charge in [0.25, 0.3) is 5.91 Å². The number of aromatic amines is 1. The maximum Gasteiger partial charge on any atom is 0.272 e. The van der Waals surface area contributed by atoms with Gasteiger partial charge in [-0.05, 0) is 32.1 Å². The molecule has 24 heavy (non-hydrogen) atoms. The number of rotatable bonds is 5. The molecule has 7 nitrogen and oxygen atoms in total. The number of hydrogen-bond donors (Lipinski definition) is 2. The van der Waals surface area contributed by atoms with Crippen molar-refractivity contribution in [3.8, 4) is 0 Å².